The van der Waals surface area contributed by atoms with Gasteiger partial charge in [-0.05, 0) is 42.2 Å². The minimum atomic E-state index is -0.236. The Bertz CT molecular complexity index is 434. The van der Waals surface area contributed by atoms with E-state index in [2.05, 4.69) is 0 Å². The summed E-state index contributed by atoms with van der Waals surface area (Å²) < 4.78 is 18.0. The SMILES string of the molecule is OCC(Cc1ccc(F)cc1)Cc1ccco1. The smallest absolute Gasteiger partial charge is 0.123 e. The fourth-order valence-electron chi connectivity index (χ4n) is 1.87. The van der Waals surface area contributed by atoms with Gasteiger partial charge in [-0.1, -0.05) is 12.1 Å². The first-order valence-corrected chi connectivity index (χ1v) is 5.65. The van der Waals surface area contributed by atoms with Crippen molar-refractivity contribution in [1.29, 1.82) is 0 Å². The van der Waals surface area contributed by atoms with Crippen LogP contribution in [0.5, 0.6) is 0 Å². The highest BCUT2D eigenvalue weighted by Crippen LogP contribution is 2.15. The molecule has 0 saturated carbocycles. The van der Waals surface area contributed by atoms with Gasteiger partial charge in [0.2, 0.25) is 0 Å². The van der Waals surface area contributed by atoms with Crippen LogP contribution in [0.3, 0.4) is 0 Å². The molecule has 1 N–H and O–H groups in total. The largest absolute Gasteiger partial charge is 0.469 e. The van der Waals surface area contributed by atoms with Crippen molar-refractivity contribution in [3.63, 3.8) is 0 Å². The predicted molar refractivity (Wildman–Crippen MR) is 63.1 cm³/mol. The fraction of sp³-hybridized carbons (Fsp3) is 0.286. The third-order valence-corrected chi connectivity index (χ3v) is 2.77. The number of furan rings is 1. The van der Waals surface area contributed by atoms with Crippen LogP contribution in [0, 0.1) is 11.7 Å². The lowest BCUT2D eigenvalue weighted by Gasteiger charge is -2.12. The molecule has 0 amide bonds. The second-order valence-corrected chi connectivity index (χ2v) is 4.16. The van der Waals surface area contributed by atoms with Gasteiger partial charge in [-0.25, -0.2) is 4.39 Å². The summed E-state index contributed by atoms with van der Waals surface area (Å²) in [5.74, 6) is 0.734. The van der Waals surface area contributed by atoms with Crippen LogP contribution >= 0.6 is 0 Å². The average molecular weight is 234 g/mol. The van der Waals surface area contributed by atoms with E-state index in [0.717, 1.165) is 17.7 Å². The Morgan fingerprint density at radius 1 is 1.12 bits per heavy atom. The molecule has 3 heteroatoms. The third-order valence-electron chi connectivity index (χ3n) is 2.77. The van der Waals surface area contributed by atoms with Crippen molar-refractivity contribution in [1.82, 2.24) is 0 Å². The van der Waals surface area contributed by atoms with Crippen molar-refractivity contribution < 1.29 is 13.9 Å². The molecule has 1 unspecified atom stereocenters. The van der Waals surface area contributed by atoms with Gasteiger partial charge in [0.25, 0.3) is 0 Å². The Balaban J connectivity index is 1.97. The fourth-order valence-corrected chi connectivity index (χ4v) is 1.87. The number of hydrogen-bond donors (Lipinski definition) is 1. The Kier molecular flexibility index (Phi) is 3.94. The molecule has 0 radical (unpaired) electrons. The van der Waals surface area contributed by atoms with Crippen LogP contribution in [0.25, 0.3) is 0 Å². The van der Waals surface area contributed by atoms with Crippen LogP contribution in [0.2, 0.25) is 0 Å². The molecule has 1 heterocycles. The van der Waals surface area contributed by atoms with Crippen LogP contribution in [-0.2, 0) is 12.8 Å². The molecule has 2 nitrogen and oxygen atoms in total. The minimum absolute atomic E-state index is 0.0953. The molecule has 0 saturated heterocycles. The maximum absolute atomic E-state index is 12.7. The Labute approximate surface area is 99.7 Å². The predicted octanol–water partition coefficient (Wildman–Crippen LogP) is 2.81. The van der Waals surface area contributed by atoms with E-state index in [9.17, 15) is 9.50 Å². The monoisotopic (exact) mass is 234 g/mol. The van der Waals surface area contributed by atoms with Gasteiger partial charge in [0, 0.05) is 13.0 Å². The quantitative estimate of drug-likeness (QED) is 0.863. The van der Waals surface area contributed by atoms with Gasteiger partial charge in [0.05, 0.1) is 6.26 Å². The van der Waals surface area contributed by atoms with E-state index < -0.39 is 0 Å². The Hall–Kier alpha value is -1.61. The zero-order valence-corrected chi connectivity index (χ0v) is 9.47. The van der Waals surface area contributed by atoms with Gasteiger partial charge in [-0.2, -0.15) is 0 Å². The Morgan fingerprint density at radius 2 is 1.88 bits per heavy atom. The second kappa shape index (κ2) is 5.64. The van der Waals surface area contributed by atoms with Crippen molar-refractivity contribution >= 4 is 0 Å². The molecule has 1 atom stereocenters. The first-order chi connectivity index (χ1) is 8.28. The van der Waals surface area contributed by atoms with Crippen LogP contribution in [0.4, 0.5) is 4.39 Å². The summed E-state index contributed by atoms with van der Waals surface area (Å²) >= 11 is 0. The highest BCUT2D eigenvalue weighted by atomic mass is 19.1. The number of aliphatic hydroxyl groups is 1. The van der Waals surface area contributed by atoms with Crippen molar-refractivity contribution in [3.05, 3.63) is 59.8 Å². The van der Waals surface area contributed by atoms with Crippen LogP contribution < -0.4 is 0 Å². The topological polar surface area (TPSA) is 33.4 Å². The van der Waals surface area contributed by atoms with E-state index in [0.29, 0.717) is 6.42 Å². The summed E-state index contributed by atoms with van der Waals surface area (Å²) in [6.07, 6.45) is 3.04. The molecule has 1 aromatic carbocycles. The van der Waals surface area contributed by atoms with Crippen LogP contribution in [-0.4, -0.2) is 11.7 Å². The van der Waals surface area contributed by atoms with Gasteiger partial charge in [-0.15, -0.1) is 0 Å². The number of aliphatic hydroxyl groups excluding tert-OH is 1. The van der Waals surface area contributed by atoms with Gasteiger partial charge in [0.15, 0.2) is 0 Å². The van der Waals surface area contributed by atoms with Crippen molar-refractivity contribution in [2.45, 2.75) is 12.8 Å². The van der Waals surface area contributed by atoms with Gasteiger partial charge in [-0.3, -0.25) is 0 Å². The van der Waals surface area contributed by atoms with Crippen molar-refractivity contribution in [2.75, 3.05) is 6.61 Å². The number of benzene rings is 1. The lowest BCUT2D eigenvalue weighted by Crippen LogP contribution is -2.12. The Morgan fingerprint density at radius 3 is 2.47 bits per heavy atom. The number of hydrogen-bond acceptors (Lipinski definition) is 2. The van der Waals surface area contributed by atoms with Crippen LogP contribution in [0.1, 0.15) is 11.3 Å². The van der Waals surface area contributed by atoms with Crippen molar-refractivity contribution in [3.8, 4) is 0 Å². The first-order valence-electron chi connectivity index (χ1n) is 5.65. The molecule has 1 aromatic heterocycles. The van der Waals surface area contributed by atoms with E-state index in [1.807, 2.05) is 12.1 Å². The summed E-state index contributed by atoms with van der Waals surface area (Å²) in [5, 5.41) is 9.33. The van der Waals surface area contributed by atoms with Crippen molar-refractivity contribution in [2.24, 2.45) is 5.92 Å². The normalized spacial score (nSPS) is 12.6. The van der Waals surface area contributed by atoms with Crippen LogP contribution in [0.15, 0.2) is 47.1 Å². The second-order valence-electron chi connectivity index (χ2n) is 4.16. The number of rotatable bonds is 5. The highest BCUT2D eigenvalue weighted by molar-refractivity contribution is 5.17. The molecule has 17 heavy (non-hydrogen) atoms. The molecular weight excluding hydrogens is 219 g/mol. The molecule has 90 valence electrons. The molecule has 0 aliphatic rings. The van der Waals surface area contributed by atoms with Gasteiger partial charge >= 0.3 is 0 Å². The summed E-state index contributed by atoms with van der Waals surface area (Å²) in [7, 11) is 0. The molecule has 0 aliphatic carbocycles. The highest BCUT2D eigenvalue weighted by Gasteiger charge is 2.11. The lowest BCUT2D eigenvalue weighted by molar-refractivity contribution is 0.219. The van der Waals surface area contributed by atoms with E-state index in [4.69, 9.17) is 4.42 Å². The molecule has 0 fully saturated rings. The summed E-state index contributed by atoms with van der Waals surface area (Å²) in [6.45, 7) is 0.0953. The first kappa shape index (κ1) is 11.9. The van der Waals surface area contributed by atoms with E-state index >= 15 is 0 Å². The lowest BCUT2D eigenvalue weighted by atomic mass is 9.96. The summed E-state index contributed by atoms with van der Waals surface area (Å²) in [6, 6.07) is 10.1. The molecule has 2 aromatic rings. The average Bonchev–Trinajstić information content (AvgIpc) is 2.84. The molecule has 0 spiro atoms. The third kappa shape index (κ3) is 3.43. The molecular formula is C14H15FO2. The summed E-state index contributed by atoms with van der Waals surface area (Å²) in [5.41, 5.74) is 1.03. The standard InChI is InChI=1S/C14H15FO2/c15-13-5-3-11(4-6-13)8-12(10-16)9-14-2-1-7-17-14/h1-7,12,16H,8-10H2. The maximum Gasteiger partial charge on any atom is 0.123 e. The van der Waals surface area contributed by atoms with Gasteiger partial charge in [0.1, 0.15) is 11.6 Å². The van der Waals surface area contributed by atoms with E-state index in [-0.39, 0.29) is 18.3 Å². The zero-order valence-electron chi connectivity index (χ0n) is 9.47. The van der Waals surface area contributed by atoms with E-state index in [1.165, 1.54) is 12.1 Å². The molecule has 0 aliphatic heterocycles. The zero-order chi connectivity index (χ0) is 12.1. The minimum Gasteiger partial charge on any atom is -0.469 e. The molecule has 2 rings (SSSR count). The molecule has 0 bridgehead atoms. The maximum atomic E-state index is 12.7. The van der Waals surface area contributed by atoms with E-state index in [1.54, 1.807) is 18.4 Å². The number of halogens is 1. The van der Waals surface area contributed by atoms with Gasteiger partial charge < -0.3 is 9.52 Å². The summed E-state index contributed by atoms with van der Waals surface area (Å²) in [4.78, 5) is 0.